The number of benzene rings is 2. The zero-order chi connectivity index (χ0) is 19.3. The third kappa shape index (κ3) is 4.76. The molecule has 140 valence electrons. The van der Waals surface area contributed by atoms with Crippen molar-refractivity contribution in [3.63, 3.8) is 0 Å². The number of nitrogens with two attached hydrogens (primary N) is 1. The highest BCUT2D eigenvalue weighted by atomic mass is 16.6. The normalized spacial score (nSPS) is 11.2. The van der Waals surface area contributed by atoms with E-state index in [0.717, 1.165) is 22.4 Å². The summed E-state index contributed by atoms with van der Waals surface area (Å²) >= 11 is 0. The first kappa shape index (κ1) is 19.8. The predicted octanol–water partition coefficient (Wildman–Crippen LogP) is 4.27. The summed E-state index contributed by atoms with van der Waals surface area (Å²) in [6.45, 7) is 9.87. The van der Waals surface area contributed by atoms with Crippen LogP contribution < -0.4 is 15.2 Å². The van der Waals surface area contributed by atoms with Gasteiger partial charge in [-0.2, -0.15) is 0 Å². The quantitative estimate of drug-likeness (QED) is 0.749. The van der Waals surface area contributed by atoms with Crippen LogP contribution >= 0.6 is 0 Å². The molecular weight excluding hydrogens is 330 g/mol. The van der Waals surface area contributed by atoms with Gasteiger partial charge in [-0.1, -0.05) is 6.07 Å². The SMILES string of the molecule is CCOC(=O)C(C)(C)Oc1ccc(Oc2ccc(C)c(CN)c2)cc1C. The number of carbonyl (C=O) groups is 1. The summed E-state index contributed by atoms with van der Waals surface area (Å²) in [5, 5.41) is 0. The number of esters is 1. The van der Waals surface area contributed by atoms with E-state index < -0.39 is 11.6 Å². The van der Waals surface area contributed by atoms with Crippen molar-refractivity contribution in [2.24, 2.45) is 5.73 Å². The molecule has 0 amide bonds. The van der Waals surface area contributed by atoms with Crippen molar-refractivity contribution in [2.45, 2.75) is 46.8 Å². The molecule has 0 radical (unpaired) electrons. The fraction of sp³-hybridized carbons (Fsp3) is 0.381. The van der Waals surface area contributed by atoms with Gasteiger partial charge in [-0.05, 0) is 81.6 Å². The molecule has 2 rings (SSSR count). The van der Waals surface area contributed by atoms with E-state index in [-0.39, 0.29) is 0 Å². The lowest BCUT2D eigenvalue weighted by Crippen LogP contribution is -2.39. The molecular formula is C21H27NO4. The Hall–Kier alpha value is -2.53. The topological polar surface area (TPSA) is 70.8 Å². The highest BCUT2D eigenvalue weighted by Crippen LogP contribution is 2.30. The van der Waals surface area contributed by atoms with Crippen LogP contribution in [0.2, 0.25) is 0 Å². The lowest BCUT2D eigenvalue weighted by atomic mass is 10.1. The monoisotopic (exact) mass is 357 g/mol. The van der Waals surface area contributed by atoms with E-state index in [1.165, 1.54) is 0 Å². The Morgan fingerprint density at radius 3 is 2.31 bits per heavy atom. The van der Waals surface area contributed by atoms with E-state index in [1.54, 1.807) is 26.8 Å². The first-order chi connectivity index (χ1) is 12.3. The molecule has 0 aliphatic heterocycles. The van der Waals surface area contributed by atoms with Crippen molar-refractivity contribution in [1.29, 1.82) is 0 Å². The lowest BCUT2D eigenvalue weighted by molar-refractivity contribution is -0.158. The first-order valence-electron chi connectivity index (χ1n) is 8.71. The van der Waals surface area contributed by atoms with E-state index in [4.69, 9.17) is 19.9 Å². The summed E-state index contributed by atoms with van der Waals surface area (Å²) in [5.41, 5.74) is 7.75. The number of hydrogen-bond donors (Lipinski definition) is 1. The van der Waals surface area contributed by atoms with Crippen molar-refractivity contribution in [3.05, 3.63) is 53.1 Å². The number of rotatable bonds is 7. The minimum absolute atomic E-state index is 0.318. The summed E-state index contributed by atoms with van der Waals surface area (Å²) < 4.78 is 16.8. The van der Waals surface area contributed by atoms with Crippen LogP contribution in [0.4, 0.5) is 0 Å². The molecule has 0 atom stereocenters. The Balaban J connectivity index is 2.15. The molecule has 5 nitrogen and oxygen atoms in total. The Morgan fingerprint density at radius 2 is 1.69 bits per heavy atom. The van der Waals surface area contributed by atoms with Gasteiger partial charge in [-0.25, -0.2) is 4.79 Å². The predicted molar refractivity (Wildman–Crippen MR) is 102 cm³/mol. The molecule has 0 saturated carbocycles. The van der Waals surface area contributed by atoms with Crippen LogP contribution in [0.3, 0.4) is 0 Å². The summed E-state index contributed by atoms with van der Waals surface area (Å²) in [7, 11) is 0. The van der Waals surface area contributed by atoms with Crippen LogP contribution in [0.15, 0.2) is 36.4 Å². The van der Waals surface area contributed by atoms with Crippen molar-refractivity contribution in [2.75, 3.05) is 6.61 Å². The van der Waals surface area contributed by atoms with Gasteiger partial charge in [0.2, 0.25) is 0 Å². The largest absolute Gasteiger partial charge is 0.476 e. The number of aryl methyl sites for hydroxylation is 2. The van der Waals surface area contributed by atoms with Crippen LogP contribution in [0.25, 0.3) is 0 Å². The molecule has 0 saturated heterocycles. The summed E-state index contributed by atoms with van der Waals surface area (Å²) in [6, 6.07) is 11.3. The van der Waals surface area contributed by atoms with E-state index >= 15 is 0 Å². The highest BCUT2D eigenvalue weighted by molar-refractivity contribution is 5.79. The molecule has 0 bridgehead atoms. The molecule has 0 heterocycles. The molecule has 0 spiro atoms. The van der Waals surface area contributed by atoms with E-state index in [2.05, 4.69) is 0 Å². The zero-order valence-electron chi connectivity index (χ0n) is 16.1. The highest BCUT2D eigenvalue weighted by Gasteiger charge is 2.32. The Kier molecular flexibility index (Phi) is 6.27. The molecule has 26 heavy (non-hydrogen) atoms. The maximum Gasteiger partial charge on any atom is 0.349 e. The zero-order valence-corrected chi connectivity index (χ0v) is 16.1. The molecule has 5 heteroatoms. The van der Waals surface area contributed by atoms with Crippen molar-refractivity contribution < 1.29 is 19.0 Å². The smallest absolute Gasteiger partial charge is 0.349 e. The van der Waals surface area contributed by atoms with Gasteiger partial charge in [-0.3, -0.25) is 0 Å². The van der Waals surface area contributed by atoms with Crippen LogP contribution in [-0.4, -0.2) is 18.2 Å². The van der Waals surface area contributed by atoms with Gasteiger partial charge < -0.3 is 19.9 Å². The average molecular weight is 357 g/mol. The second kappa shape index (κ2) is 8.23. The fourth-order valence-electron chi connectivity index (χ4n) is 2.49. The minimum Gasteiger partial charge on any atom is -0.476 e. The molecule has 0 unspecified atom stereocenters. The Labute approximate surface area is 155 Å². The maximum absolute atomic E-state index is 12.0. The second-order valence-electron chi connectivity index (χ2n) is 6.65. The molecule has 2 N–H and O–H groups in total. The third-order valence-corrected chi connectivity index (χ3v) is 4.05. The van der Waals surface area contributed by atoms with Gasteiger partial charge in [0.25, 0.3) is 0 Å². The van der Waals surface area contributed by atoms with Crippen LogP contribution in [0.5, 0.6) is 17.2 Å². The van der Waals surface area contributed by atoms with Crippen molar-refractivity contribution in [3.8, 4) is 17.2 Å². The van der Waals surface area contributed by atoms with Gasteiger partial charge in [0.15, 0.2) is 5.60 Å². The minimum atomic E-state index is -1.06. The standard InChI is InChI=1S/C21H27NO4/c1-6-24-20(23)21(4,5)26-19-10-9-17(11-15(19)3)25-18-8-7-14(2)16(12-18)13-22/h7-12H,6,13,22H2,1-5H3. The molecule has 0 aliphatic carbocycles. The molecule has 0 fully saturated rings. The van der Waals surface area contributed by atoms with Crippen LogP contribution in [0, 0.1) is 13.8 Å². The van der Waals surface area contributed by atoms with Gasteiger partial charge in [0.1, 0.15) is 17.2 Å². The van der Waals surface area contributed by atoms with E-state index in [9.17, 15) is 4.79 Å². The maximum atomic E-state index is 12.0. The number of ether oxygens (including phenoxy) is 3. The summed E-state index contributed by atoms with van der Waals surface area (Å²) in [4.78, 5) is 12.0. The van der Waals surface area contributed by atoms with E-state index in [0.29, 0.717) is 24.7 Å². The molecule has 2 aromatic carbocycles. The van der Waals surface area contributed by atoms with Crippen LogP contribution in [-0.2, 0) is 16.1 Å². The summed E-state index contributed by atoms with van der Waals surface area (Å²) in [6.07, 6.45) is 0. The molecule has 0 aromatic heterocycles. The van der Waals surface area contributed by atoms with Gasteiger partial charge in [0.05, 0.1) is 6.61 Å². The Morgan fingerprint density at radius 1 is 1.04 bits per heavy atom. The van der Waals surface area contributed by atoms with Crippen molar-refractivity contribution >= 4 is 5.97 Å². The van der Waals surface area contributed by atoms with Gasteiger partial charge >= 0.3 is 5.97 Å². The lowest BCUT2D eigenvalue weighted by Gasteiger charge is -2.25. The van der Waals surface area contributed by atoms with Crippen molar-refractivity contribution in [1.82, 2.24) is 0 Å². The number of hydrogen-bond acceptors (Lipinski definition) is 5. The van der Waals surface area contributed by atoms with E-state index in [1.807, 2.05) is 44.2 Å². The van der Waals surface area contributed by atoms with Gasteiger partial charge in [0, 0.05) is 6.54 Å². The first-order valence-corrected chi connectivity index (χ1v) is 8.71. The second-order valence-corrected chi connectivity index (χ2v) is 6.65. The molecule has 2 aromatic rings. The fourth-order valence-corrected chi connectivity index (χ4v) is 2.49. The third-order valence-electron chi connectivity index (χ3n) is 4.05. The average Bonchev–Trinajstić information content (AvgIpc) is 2.59. The van der Waals surface area contributed by atoms with Crippen LogP contribution in [0.1, 0.15) is 37.5 Å². The Bertz CT molecular complexity index is 784. The molecule has 0 aliphatic rings. The summed E-state index contributed by atoms with van der Waals surface area (Å²) in [5.74, 6) is 1.64. The van der Waals surface area contributed by atoms with Gasteiger partial charge in [-0.15, -0.1) is 0 Å². The number of carbonyl (C=O) groups excluding carboxylic acids is 1.